The Bertz CT molecular complexity index is 685. The van der Waals surface area contributed by atoms with Crippen LogP contribution in [0.4, 0.5) is 5.69 Å². The fourth-order valence-electron chi connectivity index (χ4n) is 1.72. The summed E-state index contributed by atoms with van der Waals surface area (Å²) < 4.78 is 11.4. The average Bonchev–Trinajstić information content (AvgIpc) is 2.55. The number of nitrogens with one attached hydrogen (secondary N) is 1. The van der Waals surface area contributed by atoms with Crippen LogP contribution in [-0.4, -0.2) is 18.5 Å². The summed E-state index contributed by atoms with van der Waals surface area (Å²) in [6, 6.07) is 13.8. The molecule has 6 heteroatoms. The highest BCUT2D eigenvalue weighted by molar-refractivity contribution is 9.10. The van der Waals surface area contributed by atoms with E-state index in [0.29, 0.717) is 23.6 Å². The molecular formula is C17H16BrNO4. The molecule has 1 N–H and O–H groups in total. The lowest BCUT2D eigenvalue weighted by Gasteiger charge is -2.09. The summed E-state index contributed by atoms with van der Waals surface area (Å²) in [4.78, 5) is 23.1. The molecule has 2 aromatic rings. The molecular weight excluding hydrogens is 362 g/mol. The van der Waals surface area contributed by atoms with Crippen LogP contribution in [-0.2, 0) is 9.59 Å². The first kappa shape index (κ1) is 17.0. The van der Waals surface area contributed by atoms with Gasteiger partial charge in [0.25, 0.3) is 0 Å². The van der Waals surface area contributed by atoms with Crippen molar-refractivity contribution >= 4 is 33.5 Å². The Morgan fingerprint density at radius 1 is 1.09 bits per heavy atom. The highest BCUT2D eigenvalue weighted by Crippen LogP contribution is 2.18. The van der Waals surface area contributed by atoms with Crippen molar-refractivity contribution in [2.75, 3.05) is 11.9 Å². The first-order valence-corrected chi connectivity index (χ1v) is 7.85. The predicted molar refractivity (Wildman–Crippen MR) is 90.6 cm³/mol. The molecule has 2 aromatic carbocycles. The summed E-state index contributed by atoms with van der Waals surface area (Å²) in [7, 11) is 0. The van der Waals surface area contributed by atoms with Crippen LogP contribution in [0, 0.1) is 0 Å². The van der Waals surface area contributed by atoms with E-state index < -0.39 is 5.97 Å². The van der Waals surface area contributed by atoms with Crippen LogP contribution in [0.2, 0.25) is 0 Å². The molecule has 0 saturated heterocycles. The Morgan fingerprint density at radius 3 is 2.52 bits per heavy atom. The van der Waals surface area contributed by atoms with Crippen molar-refractivity contribution in [1.82, 2.24) is 0 Å². The first-order chi connectivity index (χ1) is 11.1. The van der Waals surface area contributed by atoms with Crippen LogP contribution < -0.4 is 14.8 Å². The van der Waals surface area contributed by atoms with Gasteiger partial charge in [0.1, 0.15) is 11.5 Å². The van der Waals surface area contributed by atoms with Gasteiger partial charge in [-0.3, -0.25) is 4.79 Å². The highest BCUT2D eigenvalue weighted by Gasteiger charge is 2.07. The third-order valence-corrected chi connectivity index (χ3v) is 3.37. The topological polar surface area (TPSA) is 64.6 Å². The zero-order valence-electron chi connectivity index (χ0n) is 12.5. The summed E-state index contributed by atoms with van der Waals surface area (Å²) in [5.74, 6) is 0.338. The summed E-state index contributed by atoms with van der Waals surface area (Å²) >= 11 is 3.31. The third-order valence-electron chi connectivity index (χ3n) is 2.84. The zero-order chi connectivity index (χ0) is 16.7. The van der Waals surface area contributed by atoms with Crippen molar-refractivity contribution in [3.63, 3.8) is 0 Å². The number of hydrogen-bond acceptors (Lipinski definition) is 4. The Balaban J connectivity index is 1.87. The van der Waals surface area contributed by atoms with Crippen molar-refractivity contribution in [2.45, 2.75) is 13.3 Å². The number of esters is 1. The van der Waals surface area contributed by atoms with E-state index in [4.69, 9.17) is 9.47 Å². The maximum atomic E-state index is 11.8. The van der Waals surface area contributed by atoms with E-state index in [2.05, 4.69) is 21.2 Å². The SMILES string of the molecule is CCC(=O)Nc1cccc(OCC(=O)Oc2ccc(Br)cc2)c1. The van der Waals surface area contributed by atoms with Crippen LogP contribution in [0.3, 0.4) is 0 Å². The van der Waals surface area contributed by atoms with E-state index in [9.17, 15) is 9.59 Å². The molecule has 0 unspecified atom stereocenters. The maximum Gasteiger partial charge on any atom is 0.349 e. The molecule has 0 aliphatic heterocycles. The van der Waals surface area contributed by atoms with Crippen molar-refractivity contribution in [3.05, 3.63) is 53.0 Å². The van der Waals surface area contributed by atoms with Gasteiger partial charge in [-0.15, -0.1) is 0 Å². The second-order valence-corrected chi connectivity index (χ2v) is 5.56. The summed E-state index contributed by atoms with van der Waals surface area (Å²) in [5.41, 5.74) is 0.621. The fraction of sp³-hybridized carbons (Fsp3) is 0.176. The van der Waals surface area contributed by atoms with E-state index in [-0.39, 0.29) is 12.5 Å². The van der Waals surface area contributed by atoms with E-state index in [1.54, 1.807) is 55.5 Å². The minimum Gasteiger partial charge on any atom is -0.482 e. The molecule has 0 heterocycles. The smallest absolute Gasteiger partial charge is 0.349 e. The van der Waals surface area contributed by atoms with Crippen LogP contribution in [0.25, 0.3) is 0 Å². The van der Waals surface area contributed by atoms with Crippen LogP contribution in [0.15, 0.2) is 53.0 Å². The lowest BCUT2D eigenvalue weighted by Crippen LogP contribution is -2.17. The van der Waals surface area contributed by atoms with Gasteiger partial charge in [-0.05, 0) is 36.4 Å². The molecule has 0 saturated carbocycles. The molecule has 0 aromatic heterocycles. The van der Waals surface area contributed by atoms with Gasteiger partial charge in [0.2, 0.25) is 5.91 Å². The van der Waals surface area contributed by atoms with Gasteiger partial charge in [0.15, 0.2) is 6.61 Å². The van der Waals surface area contributed by atoms with Gasteiger partial charge in [0, 0.05) is 22.6 Å². The number of anilines is 1. The molecule has 0 aliphatic rings. The van der Waals surface area contributed by atoms with E-state index >= 15 is 0 Å². The number of amides is 1. The predicted octanol–water partition coefficient (Wildman–Crippen LogP) is 3.78. The molecule has 0 atom stereocenters. The number of halogens is 1. The largest absolute Gasteiger partial charge is 0.482 e. The van der Waals surface area contributed by atoms with E-state index in [0.717, 1.165) is 4.47 Å². The molecule has 23 heavy (non-hydrogen) atoms. The summed E-state index contributed by atoms with van der Waals surface area (Å²) in [6.45, 7) is 1.55. The third kappa shape index (κ3) is 5.75. The Hall–Kier alpha value is -2.34. The number of carbonyl (C=O) groups is 2. The first-order valence-electron chi connectivity index (χ1n) is 7.06. The maximum absolute atomic E-state index is 11.8. The number of hydrogen-bond donors (Lipinski definition) is 1. The van der Waals surface area contributed by atoms with Gasteiger partial charge >= 0.3 is 5.97 Å². The number of benzene rings is 2. The van der Waals surface area contributed by atoms with Crippen molar-refractivity contribution < 1.29 is 19.1 Å². The average molecular weight is 378 g/mol. The summed E-state index contributed by atoms with van der Waals surface area (Å²) in [6.07, 6.45) is 0.393. The van der Waals surface area contributed by atoms with Crippen LogP contribution in [0.5, 0.6) is 11.5 Å². The minimum absolute atomic E-state index is 0.0863. The second-order valence-electron chi connectivity index (χ2n) is 4.65. The molecule has 0 spiro atoms. The number of ether oxygens (including phenoxy) is 2. The molecule has 0 fully saturated rings. The highest BCUT2D eigenvalue weighted by atomic mass is 79.9. The van der Waals surface area contributed by atoms with Crippen molar-refractivity contribution in [2.24, 2.45) is 0 Å². The van der Waals surface area contributed by atoms with Crippen LogP contribution in [0.1, 0.15) is 13.3 Å². The normalized spacial score (nSPS) is 10.0. The Kier molecular flexibility index (Phi) is 6.17. The van der Waals surface area contributed by atoms with Gasteiger partial charge in [-0.2, -0.15) is 0 Å². The van der Waals surface area contributed by atoms with Gasteiger partial charge in [-0.25, -0.2) is 4.79 Å². The van der Waals surface area contributed by atoms with Crippen LogP contribution >= 0.6 is 15.9 Å². The number of rotatable bonds is 6. The van der Waals surface area contributed by atoms with E-state index in [1.165, 1.54) is 0 Å². The van der Waals surface area contributed by atoms with Crippen molar-refractivity contribution in [1.29, 1.82) is 0 Å². The lowest BCUT2D eigenvalue weighted by atomic mass is 10.3. The molecule has 1 amide bonds. The van der Waals surface area contributed by atoms with Gasteiger partial charge < -0.3 is 14.8 Å². The van der Waals surface area contributed by atoms with Gasteiger partial charge in [0.05, 0.1) is 0 Å². The molecule has 120 valence electrons. The molecule has 0 bridgehead atoms. The van der Waals surface area contributed by atoms with E-state index in [1.807, 2.05) is 0 Å². The lowest BCUT2D eigenvalue weighted by molar-refractivity contribution is -0.136. The molecule has 5 nitrogen and oxygen atoms in total. The van der Waals surface area contributed by atoms with Crippen molar-refractivity contribution in [3.8, 4) is 11.5 Å². The summed E-state index contributed by atoms with van der Waals surface area (Å²) in [5, 5.41) is 2.73. The standard InChI is InChI=1S/C17H16BrNO4/c1-2-16(20)19-13-4-3-5-15(10-13)22-11-17(21)23-14-8-6-12(18)7-9-14/h3-10H,2,11H2,1H3,(H,19,20). The monoisotopic (exact) mass is 377 g/mol. The molecule has 2 rings (SSSR count). The second kappa shape index (κ2) is 8.33. The van der Waals surface area contributed by atoms with Gasteiger partial charge in [-0.1, -0.05) is 28.9 Å². The Labute approximate surface area is 142 Å². The number of carbonyl (C=O) groups excluding carboxylic acids is 2. The quantitative estimate of drug-likeness (QED) is 0.614. The Morgan fingerprint density at radius 2 is 1.83 bits per heavy atom. The molecule has 0 radical (unpaired) electrons. The zero-order valence-corrected chi connectivity index (χ0v) is 14.1. The minimum atomic E-state index is -0.504. The fourth-order valence-corrected chi connectivity index (χ4v) is 1.98. The molecule has 0 aliphatic carbocycles.